The van der Waals surface area contributed by atoms with Crippen molar-refractivity contribution >= 4 is 53.3 Å². The molecule has 4 heterocycles. The van der Waals surface area contributed by atoms with Crippen LogP contribution in [0.3, 0.4) is 0 Å². The molecule has 0 saturated carbocycles. The minimum absolute atomic E-state index is 0.559. The van der Waals surface area contributed by atoms with Crippen molar-refractivity contribution in [1.29, 1.82) is 0 Å². The number of thiophene rings is 1. The third kappa shape index (κ3) is 6.16. The molecule has 290 valence electrons. The highest BCUT2D eigenvalue weighted by Gasteiger charge is 2.21. The van der Waals surface area contributed by atoms with Crippen LogP contribution in [0.4, 0.5) is 0 Å². The zero-order chi connectivity index (χ0) is 41.0. The van der Waals surface area contributed by atoms with Gasteiger partial charge in [-0.3, -0.25) is 4.98 Å². The first-order valence-corrected chi connectivity index (χ1v) is 21.5. The van der Waals surface area contributed by atoms with Crippen molar-refractivity contribution < 1.29 is 0 Å². The number of hydrogen-bond acceptors (Lipinski definition) is 5. The van der Waals surface area contributed by atoms with Gasteiger partial charge in [0.15, 0.2) is 17.5 Å². The molecular weight excluding hydrogens is 775 g/mol. The summed E-state index contributed by atoms with van der Waals surface area (Å²) < 4.78 is 4.86. The molecule has 0 atom stereocenters. The van der Waals surface area contributed by atoms with Crippen molar-refractivity contribution in [1.82, 2.24) is 24.5 Å². The van der Waals surface area contributed by atoms with Gasteiger partial charge in [-0.25, -0.2) is 15.0 Å². The van der Waals surface area contributed by atoms with E-state index in [1.807, 2.05) is 78.2 Å². The Morgan fingerprint density at radius 3 is 1.60 bits per heavy atom. The van der Waals surface area contributed by atoms with Crippen molar-refractivity contribution in [2.45, 2.75) is 0 Å². The summed E-state index contributed by atoms with van der Waals surface area (Å²) in [5.74, 6) is 1.77. The molecule has 0 spiro atoms. The maximum absolute atomic E-state index is 5.34. The number of rotatable bonds is 7. The molecule has 12 rings (SSSR count). The Morgan fingerprint density at radius 2 is 0.903 bits per heavy atom. The number of aromatic nitrogens is 5. The lowest BCUT2D eigenvalue weighted by molar-refractivity contribution is 1.07. The smallest absolute Gasteiger partial charge is 0.166 e. The normalized spacial score (nSPS) is 11.5. The summed E-state index contributed by atoms with van der Waals surface area (Å²) in [6.45, 7) is 0. The summed E-state index contributed by atoms with van der Waals surface area (Å²) in [6.07, 6.45) is 2.00. The van der Waals surface area contributed by atoms with E-state index in [-0.39, 0.29) is 0 Å². The zero-order valence-corrected chi connectivity index (χ0v) is 34.2. The highest BCUT2D eigenvalue weighted by atomic mass is 32.1. The Bertz CT molecular complexity index is 3560. The van der Waals surface area contributed by atoms with E-state index >= 15 is 0 Å². The van der Waals surface area contributed by atoms with E-state index in [9.17, 15) is 0 Å². The number of nitrogens with zero attached hydrogens (tertiary/aromatic N) is 5. The van der Waals surface area contributed by atoms with E-state index in [0.29, 0.717) is 17.5 Å². The Hall–Kier alpha value is -8.06. The van der Waals surface area contributed by atoms with Crippen molar-refractivity contribution in [3.8, 4) is 73.4 Å². The molecular formula is C56H35N5S. The Balaban J connectivity index is 1.10. The van der Waals surface area contributed by atoms with Crippen LogP contribution in [0.5, 0.6) is 0 Å². The average Bonchev–Trinajstić information content (AvgIpc) is 3.88. The van der Waals surface area contributed by atoms with Crippen molar-refractivity contribution in [2.24, 2.45) is 0 Å². The lowest BCUT2D eigenvalue weighted by atomic mass is 9.93. The monoisotopic (exact) mass is 809 g/mol. The fraction of sp³-hybridized carbons (Fsp3) is 0. The number of pyridine rings is 1. The predicted octanol–water partition coefficient (Wildman–Crippen LogP) is 14.7. The zero-order valence-electron chi connectivity index (χ0n) is 33.4. The second-order valence-electron chi connectivity index (χ2n) is 15.4. The van der Waals surface area contributed by atoms with E-state index < -0.39 is 0 Å². The Labute approximate surface area is 361 Å². The highest BCUT2D eigenvalue weighted by Crippen LogP contribution is 2.43. The van der Waals surface area contributed by atoms with Crippen LogP contribution in [0.25, 0.3) is 115 Å². The van der Waals surface area contributed by atoms with Gasteiger partial charge in [0, 0.05) is 70.6 Å². The topological polar surface area (TPSA) is 56.5 Å². The Kier molecular flexibility index (Phi) is 8.61. The molecule has 0 amide bonds. The van der Waals surface area contributed by atoms with Crippen LogP contribution in [0.2, 0.25) is 0 Å². The van der Waals surface area contributed by atoms with Crippen molar-refractivity contribution in [3.05, 3.63) is 212 Å². The summed E-state index contributed by atoms with van der Waals surface area (Å²) in [4.78, 5) is 20.8. The molecule has 4 aromatic heterocycles. The number of para-hydroxylation sites is 2. The van der Waals surface area contributed by atoms with Crippen LogP contribution in [-0.4, -0.2) is 24.5 Å². The van der Waals surface area contributed by atoms with Crippen LogP contribution in [0, 0.1) is 0 Å². The third-order valence-electron chi connectivity index (χ3n) is 11.7. The molecule has 0 aliphatic heterocycles. The summed E-state index contributed by atoms with van der Waals surface area (Å²) in [7, 11) is 0. The van der Waals surface area contributed by atoms with Gasteiger partial charge in [0.05, 0.1) is 16.7 Å². The summed E-state index contributed by atoms with van der Waals surface area (Å²) >= 11 is 1.83. The second kappa shape index (κ2) is 14.9. The molecule has 12 aromatic rings. The first-order chi connectivity index (χ1) is 30.7. The average molecular weight is 810 g/mol. The predicted molar refractivity (Wildman–Crippen MR) is 257 cm³/mol. The SMILES string of the molecule is c1ccc(-c2nc(-c3ccccc3)nc(-c3cc(-c4ccccc4-c4ccccc4)cnc3-c3ccc4sc5cc6c7ccccc7n(-c7ccccc7)c6cc5c4c3)n2)cc1. The molecule has 0 radical (unpaired) electrons. The van der Waals surface area contributed by atoms with Gasteiger partial charge in [-0.05, 0) is 65.2 Å². The van der Waals surface area contributed by atoms with E-state index in [4.69, 9.17) is 19.9 Å². The summed E-state index contributed by atoms with van der Waals surface area (Å²) in [6, 6.07) is 72.4. The number of fused-ring (bicyclic) bond motifs is 6. The van der Waals surface area contributed by atoms with Crippen LogP contribution in [-0.2, 0) is 0 Å². The van der Waals surface area contributed by atoms with Gasteiger partial charge >= 0.3 is 0 Å². The lowest BCUT2D eigenvalue weighted by Gasteiger charge is -2.15. The second-order valence-corrected chi connectivity index (χ2v) is 16.5. The van der Waals surface area contributed by atoms with Gasteiger partial charge in [0.1, 0.15) is 0 Å². The van der Waals surface area contributed by atoms with Crippen LogP contribution >= 0.6 is 11.3 Å². The van der Waals surface area contributed by atoms with E-state index in [1.165, 1.54) is 42.0 Å². The van der Waals surface area contributed by atoms with Gasteiger partial charge in [0.25, 0.3) is 0 Å². The van der Waals surface area contributed by atoms with Gasteiger partial charge in [-0.15, -0.1) is 11.3 Å². The fourth-order valence-corrected chi connectivity index (χ4v) is 9.89. The van der Waals surface area contributed by atoms with Gasteiger partial charge in [-0.1, -0.05) is 158 Å². The summed E-state index contributed by atoms with van der Waals surface area (Å²) in [5, 5.41) is 4.90. The minimum atomic E-state index is 0.559. The van der Waals surface area contributed by atoms with Gasteiger partial charge in [0.2, 0.25) is 0 Å². The number of hydrogen-bond donors (Lipinski definition) is 0. The first kappa shape index (κ1) is 35.8. The van der Waals surface area contributed by atoms with Crippen molar-refractivity contribution in [2.75, 3.05) is 0 Å². The number of benzene rings is 8. The molecule has 0 N–H and O–H groups in total. The lowest BCUT2D eigenvalue weighted by Crippen LogP contribution is -2.02. The standard InChI is InChI=1S/C56H35N5S/c1-5-17-36(18-6-1)42-25-13-14-26-43(42)40-32-48(56-59-54(37-19-7-2-8-20-37)58-55(60-56)38-21-9-3-10-22-38)53(57-35-40)39-29-30-51-46(31-39)47-33-50-45(34-52(47)62-51)44-27-15-16-28-49(44)61(50)41-23-11-4-12-24-41/h1-35H. The summed E-state index contributed by atoms with van der Waals surface area (Å²) in [5.41, 5.74) is 12.3. The molecule has 0 unspecified atom stereocenters. The minimum Gasteiger partial charge on any atom is -0.309 e. The van der Waals surface area contributed by atoms with Crippen LogP contribution in [0.15, 0.2) is 212 Å². The van der Waals surface area contributed by atoms with Gasteiger partial charge in [-0.2, -0.15) is 0 Å². The molecule has 0 bridgehead atoms. The van der Waals surface area contributed by atoms with E-state index in [1.54, 1.807) is 0 Å². The molecule has 0 fully saturated rings. The van der Waals surface area contributed by atoms with Crippen LogP contribution in [0.1, 0.15) is 0 Å². The largest absolute Gasteiger partial charge is 0.309 e. The quantitative estimate of drug-likeness (QED) is 0.161. The third-order valence-corrected chi connectivity index (χ3v) is 12.8. The molecule has 0 saturated heterocycles. The van der Waals surface area contributed by atoms with E-state index in [0.717, 1.165) is 55.9 Å². The maximum atomic E-state index is 5.34. The maximum Gasteiger partial charge on any atom is 0.166 e. The van der Waals surface area contributed by atoms with Crippen LogP contribution < -0.4 is 0 Å². The van der Waals surface area contributed by atoms with Crippen molar-refractivity contribution in [3.63, 3.8) is 0 Å². The Morgan fingerprint density at radius 1 is 0.339 bits per heavy atom. The molecule has 5 nitrogen and oxygen atoms in total. The molecule has 8 aromatic carbocycles. The first-order valence-electron chi connectivity index (χ1n) is 20.7. The van der Waals surface area contributed by atoms with Gasteiger partial charge < -0.3 is 4.57 Å². The van der Waals surface area contributed by atoms with E-state index in [2.05, 4.69) is 150 Å². The molecule has 0 aliphatic carbocycles. The molecule has 0 aliphatic rings. The molecule has 62 heavy (non-hydrogen) atoms. The highest BCUT2D eigenvalue weighted by molar-refractivity contribution is 7.25. The molecule has 6 heteroatoms. The fourth-order valence-electron chi connectivity index (χ4n) is 8.79.